The van der Waals surface area contributed by atoms with Crippen LogP contribution in [0.1, 0.15) is 38.2 Å². The molecule has 1 atom stereocenters. The van der Waals surface area contributed by atoms with Crippen molar-refractivity contribution in [2.75, 3.05) is 33.2 Å². The zero-order valence-corrected chi connectivity index (χ0v) is 15.1. The molecule has 132 valence electrons. The maximum atomic E-state index is 12.8. The van der Waals surface area contributed by atoms with Gasteiger partial charge in [0.15, 0.2) is 0 Å². The van der Waals surface area contributed by atoms with Crippen molar-refractivity contribution in [3.05, 3.63) is 35.9 Å². The normalized spacial score (nSPS) is 24.3. The Labute approximate surface area is 146 Å². The summed E-state index contributed by atoms with van der Waals surface area (Å²) in [4.78, 5) is 17.7. The zero-order chi connectivity index (χ0) is 17.0. The molecular formula is C20H31N3O. The quantitative estimate of drug-likeness (QED) is 0.901. The molecule has 1 spiro atoms. The van der Waals surface area contributed by atoms with Crippen LogP contribution in [-0.4, -0.2) is 55.0 Å². The lowest BCUT2D eigenvalue weighted by molar-refractivity contribution is -0.125. The Morgan fingerprint density at radius 1 is 1.25 bits per heavy atom. The molecule has 1 aromatic rings. The molecule has 0 radical (unpaired) electrons. The minimum Gasteiger partial charge on any atom is -0.351 e. The molecule has 2 aliphatic heterocycles. The van der Waals surface area contributed by atoms with Crippen LogP contribution < -0.4 is 5.32 Å². The number of amides is 1. The third-order valence-corrected chi connectivity index (χ3v) is 5.78. The molecule has 0 bridgehead atoms. The zero-order valence-electron chi connectivity index (χ0n) is 15.1. The smallest absolute Gasteiger partial charge is 0.237 e. The highest BCUT2D eigenvalue weighted by Crippen LogP contribution is 2.43. The lowest BCUT2D eigenvalue weighted by Gasteiger charge is -2.37. The predicted molar refractivity (Wildman–Crippen MR) is 97.7 cm³/mol. The van der Waals surface area contributed by atoms with E-state index in [1.807, 2.05) is 18.2 Å². The van der Waals surface area contributed by atoms with Crippen molar-refractivity contribution in [3.63, 3.8) is 0 Å². The van der Waals surface area contributed by atoms with Crippen LogP contribution in [0.15, 0.2) is 30.3 Å². The van der Waals surface area contributed by atoms with Gasteiger partial charge < -0.3 is 10.2 Å². The minimum atomic E-state index is 0.0528. The van der Waals surface area contributed by atoms with E-state index < -0.39 is 0 Å². The van der Waals surface area contributed by atoms with Crippen molar-refractivity contribution in [2.24, 2.45) is 5.41 Å². The third-order valence-electron chi connectivity index (χ3n) is 5.78. The number of carbonyl (C=O) groups excluding carboxylic acids is 1. The number of piperidine rings is 1. The molecule has 2 heterocycles. The van der Waals surface area contributed by atoms with Crippen molar-refractivity contribution in [1.29, 1.82) is 0 Å². The van der Waals surface area contributed by atoms with Crippen LogP contribution in [0.25, 0.3) is 0 Å². The second-order valence-electron chi connectivity index (χ2n) is 7.70. The first-order valence-electron chi connectivity index (χ1n) is 9.36. The number of hydrogen-bond donors (Lipinski definition) is 1. The predicted octanol–water partition coefficient (Wildman–Crippen LogP) is 2.50. The van der Waals surface area contributed by atoms with Crippen LogP contribution in [0.3, 0.4) is 0 Å². The molecular weight excluding hydrogens is 298 g/mol. The first-order chi connectivity index (χ1) is 11.6. The second kappa shape index (κ2) is 7.66. The summed E-state index contributed by atoms with van der Waals surface area (Å²) in [6.45, 7) is 7.29. The molecule has 0 unspecified atom stereocenters. The summed E-state index contributed by atoms with van der Waals surface area (Å²) >= 11 is 0. The van der Waals surface area contributed by atoms with Gasteiger partial charge in [0.1, 0.15) is 0 Å². The summed E-state index contributed by atoms with van der Waals surface area (Å²) in [5.41, 5.74) is 1.52. The van der Waals surface area contributed by atoms with E-state index in [1.54, 1.807) is 0 Å². The van der Waals surface area contributed by atoms with E-state index in [1.165, 1.54) is 18.4 Å². The molecule has 0 aromatic heterocycles. The lowest BCUT2D eigenvalue weighted by Crippen LogP contribution is -2.43. The highest BCUT2D eigenvalue weighted by atomic mass is 16.2. The van der Waals surface area contributed by atoms with Crippen molar-refractivity contribution >= 4 is 5.91 Å². The molecule has 4 nitrogen and oxygen atoms in total. The van der Waals surface area contributed by atoms with Crippen LogP contribution in [0.2, 0.25) is 0 Å². The number of carbonyl (C=O) groups is 1. The van der Waals surface area contributed by atoms with Crippen LogP contribution in [0.4, 0.5) is 0 Å². The minimum absolute atomic E-state index is 0.0528. The van der Waals surface area contributed by atoms with Gasteiger partial charge in [-0.2, -0.15) is 0 Å². The molecule has 24 heavy (non-hydrogen) atoms. The van der Waals surface area contributed by atoms with Gasteiger partial charge in [-0.1, -0.05) is 37.3 Å². The van der Waals surface area contributed by atoms with Crippen molar-refractivity contribution in [2.45, 2.75) is 45.2 Å². The number of likely N-dealkylation sites (tertiary alicyclic amines) is 2. The average molecular weight is 329 g/mol. The molecule has 0 aliphatic carbocycles. The monoisotopic (exact) mass is 329 g/mol. The lowest BCUT2D eigenvalue weighted by atomic mass is 9.76. The van der Waals surface area contributed by atoms with Gasteiger partial charge in [-0.15, -0.1) is 0 Å². The Bertz CT molecular complexity index is 537. The van der Waals surface area contributed by atoms with Gasteiger partial charge in [-0.25, -0.2) is 0 Å². The largest absolute Gasteiger partial charge is 0.351 e. The highest BCUT2D eigenvalue weighted by molar-refractivity contribution is 5.82. The number of nitrogens with one attached hydrogen (secondary N) is 1. The van der Waals surface area contributed by atoms with Crippen LogP contribution >= 0.6 is 0 Å². The Hall–Kier alpha value is -1.39. The van der Waals surface area contributed by atoms with E-state index in [2.05, 4.69) is 41.2 Å². The van der Waals surface area contributed by atoms with Crippen LogP contribution in [-0.2, 0) is 11.3 Å². The van der Waals surface area contributed by atoms with Crippen LogP contribution in [0.5, 0.6) is 0 Å². The Balaban J connectivity index is 1.62. The van der Waals surface area contributed by atoms with Gasteiger partial charge in [0, 0.05) is 13.1 Å². The van der Waals surface area contributed by atoms with Gasteiger partial charge >= 0.3 is 0 Å². The highest BCUT2D eigenvalue weighted by Gasteiger charge is 2.47. The molecule has 2 saturated heterocycles. The van der Waals surface area contributed by atoms with Gasteiger partial charge in [0.25, 0.3) is 0 Å². The molecule has 3 rings (SSSR count). The third kappa shape index (κ3) is 3.98. The van der Waals surface area contributed by atoms with E-state index >= 15 is 0 Å². The van der Waals surface area contributed by atoms with E-state index in [-0.39, 0.29) is 11.9 Å². The molecule has 4 heteroatoms. The van der Waals surface area contributed by atoms with E-state index in [0.29, 0.717) is 12.0 Å². The SMILES string of the molecule is CCCN1CC2(CCN(C)CC2)C[C@H]1C(=O)NCc1ccccc1. The Morgan fingerprint density at radius 3 is 2.62 bits per heavy atom. The maximum absolute atomic E-state index is 12.8. The Kier molecular flexibility index (Phi) is 5.57. The first-order valence-corrected chi connectivity index (χ1v) is 9.36. The Morgan fingerprint density at radius 2 is 1.96 bits per heavy atom. The second-order valence-corrected chi connectivity index (χ2v) is 7.70. The summed E-state index contributed by atoms with van der Waals surface area (Å²) in [7, 11) is 2.20. The molecule has 2 aliphatic rings. The molecule has 1 amide bonds. The molecule has 1 aromatic carbocycles. The fourth-order valence-electron chi connectivity index (χ4n) is 4.28. The summed E-state index contributed by atoms with van der Waals surface area (Å²) in [5.74, 6) is 0.211. The summed E-state index contributed by atoms with van der Waals surface area (Å²) in [6, 6.07) is 10.2. The fraction of sp³-hybridized carbons (Fsp3) is 0.650. The fourth-order valence-corrected chi connectivity index (χ4v) is 4.28. The number of nitrogens with zero attached hydrogens (tertiary/aromatic N) is 2. The van der Waals surface area contributed by atoms with Gasteiger partial charge in [-0.05, 0) is 63.3 Å². The van der Waals surface area contributed by atoms with Gasteiger partial charge in [0.05, 0.1) is 6.04 Å². The molecule has 0 saturated carbocycles. The summed E-state index contributed by atoms with van der Waals surface area (Å²) < 4.78 is 0. The van der Waals surface area contributed by atoms with Gasteiger partial charge in [-0.3, -0.25) is 9.69 Å². The number of hydrogen-bond acceptors (Lipinski definition) is 3. The standard InChI is InChI=1S/C20H31N3O/c1-3-11-23-16-20(9-12-22(2)13-10-20)14-18(23)19(24)21-15-17-7-5-4-6-8-17/h4-8,18H,3,9-16H2,1-2H3,(H,21,24)/t18-/m0/s1. The topological polar surface area (TPSA) is 35.6 Å². The van der Waals surface area contributed by atoms with Crippen LogP contribution in [0, 0.1) is 5.41 Å². The summed E-state index contributed by atoms with van der Waals surface area (Å²) in [6.07, 6.45) is 4.60. The maximum Gasteiger partial charge on any atom is 0.237 e. The van der Waals surface area contributed by atoms with E-state index in [9.17, 15) is 4.79 Å². The van der Waals surface area contributed by atoms with E-state index in [4.69, 9.17) is 0 Å². The van der Waals surface area contributed by atoms with Crippen molar-refractivity contribution in [1.82, 2.24) is 15.1 Å². The molecule has 1 N–H and O–H groups in total. The average Bonchev–Trinajstić information content (AvgIpc) is 2.95. The molecule has 2 fully saturated rings. The first kappa shape index (κ1) is 17.4. The van der Waals surface area contributed by atoms with Crippen molar-refractivity contribution < 1.29 is 4.79 Å². The van der Waals surface area contributed by atoms with Gasteiger partial charge in [0.2, 0.25) is 5.91 Å². The van der Waals surface area contributed by atoms with Crippen molar-refractivity contribution in [3.8, 4) is 0 Å². The van der Waals surface area contributed by atoms with E-state index in [0.717, 1.165) is 39.0 Å². The number of rotatable bonds is 5. The number of benzene rings is 1. The summed E-state index contributed by atoms with van der Waals surface area (Å²) in [5, 5.41) is 3.17.